The molecule has 0 aliphatic carbocycles. The lowest BCUT2D eigenvalue weighted by atomic mass is 9.85. The number of hydrogen-bond acceptors (Lipinski definition) is 3. The van der Waals surface area contributed by atoms with Gasteiger partial charge in [0.1, 0.15) is 0 Å². The zero-order chi connectivity index (χ0) is 12.5. The summed E-state index contributed by atoms with van der Waals surface area (Å²) in [6.45, 7) is 8.70. The molecule has 2 heterocycles. The first-order valence-corrected chi connectivity index (χ1v) is 6.74. The monoisotopic (exact) mass is 239 g/mol. The minimum Gasteiger partial charge on any atom is -0.368 e. The van der Waals surface area contributed by atoms with Crippen molar-refractivity contribution in [3.63, 3.8) is 0 Å². The van der Waals surface area contributed by atoms with Crippen LogP contribution in [0.15, 0.2) is 0 Å². The highest BCUT2D eigenvalue weighted by atomic mass is 16.1. The van der Waals surface area contributed by atoms with E-state index in [9.17, 15) is 4.79 Å². The molecule has 2 saturated heterocycles. The normalized spacial score (nSPS) is 39.4. The Morgan fingerprint density at radius 1 is 1.59 bits per heavy atom. The molecule has 2 rings (SSSR count). The van der Waals surface area contributed by atoms with Crippen LogP contribution in [0.2, 0.25) is 0 Å². The van der Waals surface area contributed by atoms with Gasteiger partial charge in [0.05, 0.1) is 6.04 Å². The number of carbonyl (C=O) groups excluding carboxylic acids is 1. The number of rotatable bonds is 3. The molecule has 1 amide bonds. The number of primary amides is 1. The summed E-state index contributed by atoms with van der Waals surface area (Å²) in [5.74, 6) is 0.476. The Morgan fingerprint density at radius 3 is 2.94 bits per heavy atom. The average molecular weight is 239 g/mol. The van der Waals surface area contributed by atoms with Crippen LogP contribution in [0.5, 0.6) is 0 Å². The second-order valence-electron chi connectivity index (χ2n) is 6.26. The lowest BCUT2D eigenvalue weighted by molar-refractivity contribution is -0.125. The molecular formula is C13H25N3O. The van der Waals surface area contributed by atoms with Crippen LogP contribution in [0.3, 0.4) is 0 Å². The first-order chi connectivity index (χ1) is 8.00. The minimum absolute atomic E-state index is 0.0452. The van der Waals surface area contributed by atoms with E-state index in [1.807, 2.05) is 0 Å². The second kappa shape index (κ2) is 4.94. The van der Waals surface area contributed by atoms with Gasteiger partial charge in [-0.05, 0) is 43.7 Å². The highest BCUT2D eigenvalue weighted by Crippen LogP contribution is 2.30. The van der Waals surface area contributed by atoms with Gasteiger partial charge in [-0.25, -0.2) is 0 Å². The van der Waals surface area contributed by atoms with Gasteiger partial charge in [-0.3, -0.25) is 9.69 Å². The van der Waals surface area contributed by atoms with Crippen molar-refractivity contribution in [3.05, 3.63) is 0 Å². The van der Waals surface area contributed by atoms with Crippen LogP contribution in [0, 0.1) is 11.3 Å². The summed E-state index contributed by atoms with van der Waals surface area (Å²) in [5.41, 5.74) is 5.85. The lowest BCUT2D eigenvalue weighted by Gasteiger charge is -2.40. The number of nitrogens with one attached hydrogen (secondary N) is 1. The molecule has 2 aliphatic heterocycles. The summed E-state index contributed by atoms with van der Waals surface area (Å²) in [5, 5.41) is 3.41. The van der Waals surface area contributed by atoms with E-state index in [1.165, 1.54) is 12.8 Å². The van der Waals surface area contributed by atoms with E-state index in [-0.39, 0.29) is 11.9 Å². The van der Waals surface area contributed by atoms with Crippen molar-refractivity contribution in [2.75, 3.05) is 26.2 Å². The molecule has 4 nitrogen and oxygen atoms in total. The van der Waals surface area contributed by atoms with Crippen LogP contribution in [-0.4, -0.2) is 43.0 Å². The molecule has 0 radical (unpaired) electrons. The van der Waals surface area contributed by atoms with Crippen molar-refractivity contribution < 1.29 is 4.79 Å². The first kappa shape index (κ1) is 12.8. The van der Waals surface area contributed by atoms with E-state index in [0.29, 0.717) is 11.3 Å². The largest absolute Gasteiger partial charge is 0.368 e. The summed E-state index contributed by atoms with van der Waals surface area (Å²) in [6, 6.07) is -0.0452. The zero-order valence-electron chi connectivity index (χ0n) is 11.0. The van der Waals surface area contributed by atoms with Gasteiger partial charge in [0.15, 0.2) is 0 Å². The van der Waals surface area contributed by atoms with Crippen molar-refractivity contribution in [2.24, 2.45) is 17.1 Å². The Hall–Kier alpha value is -0.610. The van der Waals surface area contributed by atoms with Crippen LogP contribution in [0.4, 0.5) is 0 Å². The van der Waals surface area contributed by atoms with Crippen LogP contribution in [-0.2, 0) is 4.79 Å². The van der Waals surface area contributed by atoms with E-state index in [2.05, 4.69) is 24.1 Å². The topological polar surface area (TPSA) is 58.4 Å². The predicted molar refractivity (Wildman–Crippen MR) is 68.5 cm³/mol. The molecule has 0 aromatic carbocycles. The van der Waals surface area contributed by atoms with Gasteiger partial charge in [0.25, 0.3) is 0 Å². The number of piperidine rings is 1. The van der Waals surface area contributed by atoms with Crippen molar-refractivity contribution in [1.82, 2.24) is 10.2 Å². The van der Waals surface area contributed by atoms with E-state index in [4.69, 9.17) is 5.73 Å². The fourth-order valence-electron chi connectivity index (χ4n) is 3.17. The van der Waals surface area contributed by atoms with Crippen LogP contribution in [0.1, 0.15) is 33.1 Å². The summed E-state index contributed by atoms with van der Waals surface area (Å²) in [4.78, 5) is 13.9. The van der Waals surface area contributed by atoms with Crippen LogP contribution < -0.4 is 11.1 Å². The quantitative estimate of drug-likeness (QED) is 0.757. The maximum Gasteiger partial charge on any atom is 0.234 e. The van der Waals surface area contributed by atoms with E-state index in [1.54, 1.807) is 0 Å². The Labute approximate surface area is 104 Å². The summed E-state index contributed by atoms with van der Waals surface area (Å²) in [7, 11) is 0. The van der Waals surface area contributed by atoms with E-state index in [0.717, 1.165) is 32.6 Å². The molecule has 0 spiro atoms. The first-order valence-electron chi connectivity index (χ1n) is 6.74. The fourth-order valence-corrected chi connectivity index (χ4v) is 3.17. The molecule has 98 valence electrons. The molecule has 3 unspecified atom stereocenters. The Balaban J connectivity index is 2.00. The van der Waals surface area contributed by atoms with Gasteiger partial charge < -0.3 is 11.1 Å². The minimum atomic E-state index is -0.147. The number of hydrogen-bond donors (Lipinski definition) is 2. The Bertz CT molecular complexity index is 286. The summed E-state index contributed by atoms with van der Waals surface area (Å²) >= 11 is 0. The highest BCUT2D eigenvalue weighted by molar-refractivity contribution is 5.80. The van der Waals surface area contributed by atoms with Crippen molar-refractivity contribution in [3.8, 4) is 0 Å². The Morgan fingerprint density at radius 2 is 2.35 bits per heavy atom. The molecule has 0 aromatic heterocycles. The molecule has 17 heavy (non-hydrogen) atoms. The van der Waals surface area contributed by atoms with Gasteiger partial charge >= 0.3 is 0 Å². The lowest BCUT2D eigenvalue weighted by Crippen LogP contribution is -2.52. The third-order valence-corrected chi connectivity index (χ3v) is 4.35. The van der Waals surface area contributed by atoms with Crippen molar-refractivity contribution in [2.45, 2.75) is 39.2 Å². The summed E-state index contributed by atoms with van der Waals surface area (Å²) < 4.78 is 0. The third kappa shape index (κ3) is 2.99. The molecule has 0 aromatic rings. The predicted octanol–water partition coefficient (Wildman–Crippen LogP) is 0.572. The highest BCUT2D eigenvalue weighted by Gasteiger charge is 2.37. The van der Waals surface area contributed by atoms with Gasteiger partial charge in [0, 0.05) is 13.1 Å². The smallest absolute Gasteiger partial charge is 0.234 e. The standard InChI is InChI=1S/C13H25N3O/c1-10-3-6-16(11(7-10)12(14)17)9-13(2)4-5-15-8-13/h10-11,15H,3-9H2,1-2H3,(H2,14,17). The number of amides is 1. The number of carbonyl (C=O) groups is 1. The number of nitrogens with zero attached hydrogens (tertiary/aromatic N) is 1. The fraction of sp³-hybridized carbons (Fsp3) is 0.923. The molecule has 0 saturated carbocycles. The Kier molecular flexibility index (Phi) is 3.73. The second-order valence-corrected chi connectivity index (χ2v) is 6.26. The molecule has 2 aliphatic rings. The SMILES string of the molecule is CC1CCN(CC2(C)CCNC2)C(C(N)=O)C1. The molecule has 2 fully saturated rings. The van der Waals surface area contributed by atoms with E-state index >= 15 is 0 Å². The van der Waals surface area contributed by atoms with Gasteiger partial charge in [-0.15, -0.1) is 0 Å². The molecule has 3 atom stereocenters. The van der Waals surface area contributed by atoms with Crippen molar-refractivity contribution >= 4 is 5.91 Å². The number of likely N-dealkylation sites (tertiary alicyclic amines) is 1. The molecule has 4 heteroatoms. The van der Waals surface area contributed by atoms with Crippen LogP contribution >= 0.6 is 0 Å². The average Bonchev–Trinajstić information content (AvgIpc) is 2.67. The molecule has 0 bridgehead atoms. The molecular weight excluding hydrogens is 214 g/mol. The van der Waals surface area contributed by atoms with Crippen LogP contribution in [0.25, 0.3) is 0 Å². The maximum atomic E-state index is 11.6. The van der Waals surface area contributed by atoms with Gasteiger partial charge in [-0.1, -0.05) is 13.8 Å². The van der Waals surface area contributed by atoms with Crippen molar-refractivity contribution in [1.29, 1.82) is 0 Å². The third-order valence-electron chi connectivity index (χ3n) is 4.35. The van der Waals surface area contributed by atoms with Gasteiger partial charge in [-0.2, -0.15) is 0 Å². The zero-order valence-corrected chi connectivity index (χ0v) is 11.0. The summed E-state index contributed by atoms with van der Waals surface area (Å²) in [6.07, 6.45) is 3.32. The van der Waals surface area contributed by atoms with E-state index < -0.39 is 0 Å². The number of nitrogens with two attached hydrogens (primary N) is 1. The maximum absolute atomic E-state index is 11.6. The van der Waals surface area contributed by atoms with Gasteiger partial charge in [0.2, 0.25) is 5.91 Å². The molecule has 3 N–H and O–H groups in total.